The van der Waals surface area contributed by atoms with Crippen molar-refractivity contribution < 1.29 is 87.4 Å². The van der Waals surface area contributed by atoms with Crippen molar-refractivity contribution in [3.05, 3.63) is 0 Å². The fourth-order valence-corrected chi connectivity index (χ4v) is 1.47. The molecule has 0 fully saturated rings. The van der Waals surface area contributed by atoms with Gasteiger partial charge in [0.2, 0.25) is 0 Å². The van der Waals surface area contributed by atoms with Crippen molar-refractivity contribution in [2.75, 3.05) is 39.3 Å². The van der Waals surface area contributed by atoms with E-state index in [1.165, 1.54) is 0 Å². The molecular weight excluding hydrogens is 460 g/mol. The van der Waals surface area contributed by atoms with E-state index in [1.54, 1.807) is 0 Å². The molecular formula is C12H20CuN2O14. The number of hydrogen-bond acceptors (Lipinski definition) is 10. The van der Waals surface area contributed by atoms with Gasteiger partial charge in [-0.15, -0.1) is 0 Å². The van der Waals surface area contributed by atoms with Gasteiger partial charge in [0.1, 0.15) is 0 Å². The van der Waals surface area contributed by atoms with Crippen molar-refractivity contribution >= 4 is 35.8 Å². The normalized spacial score (nSPS) is 8.90. The summed E-state index contributed by atoms with van der Waals surface area (Å²) in [6, 6.07) is 0. The molecule has 0 saturated carbocycles. The Morgan fingerprint density at radius 3 is 0.793 bits per heavy atom. The molecule has 1 radical (unpaired) electrons. The Labute approximate surface area is 173 Å². The summed E-state index contributed by atoms with van der Waals surface area (Å²) in [5, 5.41) is 53.1. The summed E-state index contributed by atoms with van der Waals surface area (Å²) in [5.41, 5.74) is 0. The van der Waals surface area contributed by atoms with Gasteiger partial charge in [-0.3, -0.25) is 29.0 Å². The maximum Gasteiger partial charge on any atom is 2.00 e. The van der Waals surface area contributed by atoms with E-state index < -0.39 is 75.1 Å². The third kappa shape index (κ3) is 30.2. The maximum absolute atomic E-state index is 10.1. The summed E-state index contributed by atoms with van der Waals surface area (Å²) < 4.78 is 0. The van der Waals surface area contributed by atoms with Crippen LogP contribution in [-0.2, 0) is 45.8 Å². The monoisotopic (exact) mass is 479 g/mol. The van der Waals surface area contributed by atoms with Crippen molar-refractivity contribution in [2.45, 2.75) is 0 Å². The molecule has 0 aromatic rings. The molecule has 0 spiro atoms. The van der Waals surface area contributed by atoms with Crippen LogP contribution in [-0.4, -0.2) is 116 Å². The van der Waals surface area contributed by atoms with Crippen LogP contribution in [0.1, 0.15) is 0 Å². The average Bonchev–Trinajstić information content (AvgIpc) is 2.33. The van der Waals surface area contributed by atoms with Crippen molar-refractivity contribution in [1.82, 2.24) is 9.80 Å². The van der Waals surface area contributed by atoms with Gasteiger partial charge >= 0.3 is 40.9 Å². The molecule has 0 aromatic heterocycles. The van der Waals surface area contributed by atoms with Gasteiger partial charge in [0.25, 0.3) is 0 Å². The molecule has 0 rings (SSSR count). The zero-order valence-corrected chi connectivity index (χ0v) is 15.4. The van der Waals surface area contributed by atoms with E-state index in [1.807, 2.05) is 0 Å². The van der Waals surface area contributed by atoms with Gasteiger partial charge in [-0.1, -0.05) is 0 Å². The largest absolute Gasteiger partial charge is 2.00 e. The zero-order chi connectivity index (χ0) is 20.9. The number of nitrogens with zero attached hydrogens (tertiary/aromatic N) is 2. The number of hydrogen-bond donors (Lipinski definition) is 4. The van der Waals surface area contributed by atoms with E-state index >= 15 is 0 Å². The minimum atomic E-state index is -1.51. The van der Waals surface area contributed by atoms with Crippen molar-refractivity contribution in [1.29, 1.82) is 0 Å². The number of carbonyl (C=O) groups is 6. The van der Waals surface area contributed by atoms with Crippen LogP contribution in [0.4, 0.5) is 0 Å². The number of carboxylic acid groups (broad SMARTS) is 6. The van der Waals surface area contributed by atoms with Crippen molar-refractivity contribution in [3.8, 4) is 0 Å². The molecule has 0 amide bonds. The molecule has 16 nitrogen and oxygen atoms in total. The number of carbonyl (C=O) groups excluding carboxylic acids is 2. The van der Waals surface area contributed by atoms with Crippen LogP contribution in [0, 0.1) is 0 Å². The topological polar surface area (TPSA) is 299 Å². The molecule has 0 aliphatic heterocycles. The molecule has 0 bridgehead atoms. The Hall–Kier alpha value is -2.82. The summed E-state index contributed by atoms with van der Waals surface area (Å²) >= 11 is 0. The van der Waals surface area contributed by atoms with Gasteiger partial charge < -0.3 is 51.2 Å². The summed E-state index contributed by atoms with van der Waals surface area (Å²) in [6.45, 7) is -3.97. The summed E-state index contributed by atoms with van der Waals surface area (Å²) in [7, 11) is 0. The minimum Gasteiger partial charge on any atom is -0.549 e. The van der Waals surface area contributed by atoms with Crippen LogP contribution in [0.5, 0.6) is 0 Å². The molecule has 0 saturated heterocycles. The molecule has 29 heavy (non-hydrogen) atoms. The third-order valence-corrected chi connectivity index (χ3v) is 2.14. The van der Waals surface area contributed by atoms with E-state index in [0.29, 0.717) is 0 Å². The maximum atomic E-state index is 10.1. The molecule has 173 valence electrons. The molecule has 0 aliphatic carbocycles. The first-order chi connectivity index (χ1) is 11.8. The van der Waals surface area contributed by atoms with Crippen LogP contribution >= 0.6 is 0 Å². The Morgan fingerprint density at radius 2 is 0.690 bits per heavy atom. The Bertz CT molecular complexity index is 431. The van der Waals surface area contributed by atoms with E-state index in [4.69, 9.17) is 20.4 Å². The molecule has 17 heteroatoms. The SMILES string of the molecule is O.O.O=C([O-])CN(CC(=O)O)CC(=O)O.O=C([O-])CN(CC(=O)O)CC(=O)O.[Cu+2]. The first-order valence-corrected chi connectivity index (χ1v) is 6.55. The quantitative estimate of drug-likeness (QED) is 0.189. The summed E-state index contributed by atoms with van der Waals surface area (Å²) in [6.07, 6.45) is 0. The molecule has 0 aromatic carbocycles. The zero-order valence-electron chi connectivity index (χ0n) is 14.5. The average molecular weight is 480 g/mol. The van der Waals surface area contributed by atoms with E-state index in [-0.39, 0.29) is 28.0 Å². The van der Waals surface area contributed by atoms with Crippen molar-refractivity contribution in [2.24, 2.45) is 0 Å². The van der Waals surface area contributed by atoms with Gasteiger partial charge in [-0.25, -0.2) is 0 Å². The molecule has 0 aliphatic rings. The van der Waals surface area contributed by atoms with Crippen LogP contribution in [0.25, 0.3) is 0 Å². The predicted octanol–water partition coefficient (Wildman–Crippen LogP) is -7.24. The van der Waals surface area contributed by atoms with Gasteiger partial charge in [-0.05, 0) is 0 Å². The Kier molecular flexibility index (Phi) is 25.4. The molecule has 0 heterocycles. The van der Waals surface area contributed by atoms with Crippen LogP contribution < -0.4 is 10.2 Å². The second-order valence-electron chi connectivity index (χ2n) is 4.61. The van der Waals surface area contributed by atoms with Gasteiger partial charge in [0, 0.05) is 13.1 Å². The Morgan fingerprint density at radius 1 is 0.517 bits per heavy atom. The standard InChI is InChI=1S/2C6H9NO6.Cu.2H2O/c2*8-4(9)1-7(2-5(10)11)3-6(12)13;;;/h2*1-3H2,(H,8,9)(H,10,11)(H,12,13);;2*1H2/q;;+2;;/p-2. The number of rotatable bonds is 12. The van der Waals surface area contributed by atoms with Crippen LogP contribution in [0.15, 0.2) is 0 Å². The first-order valence-electron chi connectivity index (χ1n) is 6.55. The van der Waals surface area contributed by atoms with Gasteiger partial charge in [0.05, 0.1) is 38.1 Å². The smallest absolute Gasteiger partial charge is 0.549 e. The van der Waals surface area contributed by atoms with E-state index in [0.717, 1.165) is 9.80 Å². The molecule has 8 N–H and O–H groups in total. The fourth-order valence-electron chi connectivity index (χ4n) is 1.47. The van der Waals surface area contributed by atoms with Gasteiger partial charge in [0.15, 0.2) is 0 Å². The predicted molar refractivity (Wildman–Crippen MR) is 80.7 cm³/mol. The second kappa shape index (κ2) is 19.9. The first kappa shape index (κ1) is 37.0. The number of aliphatic carboxylic acids is 6. The number of carboxylic acids is 6. The van der Waals surface area contributed by atoms with Crippen molar-refractivity contribution in [3.63, 3.8) is 0 Å². The second-order valence-corrected chi connectivity index (χ2v) is 4.61. The van der Waals surface area contributed by atoms with E-state index in [2.05, 4.69) is 0 Å². The molecule has 0 atom stereocenters. The minimum absolute atomic E-state index is 0. The molecule has 0 unspecified atom stereocenters. The Balaban J connectivity index is -0.000000120. The fraction of sp³-hybridized carbons (Fsp3) is 0.500. The van der Waals surface area contributed by atoms with Crippen LogP contribution in [0.3, 0.4) is 0 Å². The van der Waals surface area contributed by atoms with E-state index in [9.17, 15) is 39.0 Å². The van der Waals surface area contributed by atoms with Gasteiger partial charge in [-0.2, -0.15) is 0 Å². The third-order valence-electron chi connectivity index (χ3n) is 2.14. The summed E-state index contributed by atoms with van der Waals surface area (Å²) in [4.78, 5) is 62.0. The summed E-state index contributed by atoms with van der Waals surface area (Å²) in [5.74, 6) is -8.18. The van der Waals surface area contributed by atoms with Crippen LogP contribution in [0.2, 0.25) is 0 Å².